The minimum Gasteiger partial charge on any atom is -0.481 e. The molecule has 2 aliphatic heterocycles. The molecule has 1 amide bonds. The Bertz CT molecular complexity index is 552. The second kappa shape index (κ2) is 5.85. The highest BCUT2D eigenvalue weighted by molar-refractivity contribution is 5.99. The summed E-state index contributed by atoms with van der Waals surface area (Å²) < 4.78 is 0. The highest BCUT2D eigenvalue weighted by Gasteiger charge is 2.35. The van der Waals surface area contributed by atoms with E-state index in [4.69, 9.17) is 5.11 Å². The number of likely N-dealkylation sites (tertiary alicyclic amines) is 1. The fourth-order valence-electron chi connectivity index (χ4n) is 3.20. The molecule has 0 radical (unpaired) electrons. The Morgan fingerprint density at radius 2 is 1.95 bits per heavy atom. The third-order valence-corrected chi connectivity index (χ3v) is 4.35. The summed E-state index contributed by atoms with van der Waals surface area (Å²) in [4.78, 5) is 27.3. The number of carboxylic acid groups (broad SMARTS) is 1. The van der Waals surface area contributed by atoms with Crippen LogP contribution in [0, 0.1) is 5.92 Å². The number of anilines is 1. The van der Waals surface area contributed by atoms with Crippen molar-refractivity contribution in [1.29, 1.82) is 0 Å². The van der Waals surface area contributed by atoms with Crippen LogP contribution in [0.2, 0.25) is 0 Å². The van der Waals surface area contributed by atoms with E-state index in [1.807, 2.05) is 24.3 Å². The largest absolute Gasteiger partial charge is 0.481 e. The van der Waals surface area contributed by atoms with Gasteiger partial charge in [0.05, 0.1) is 5.92 Å². The average Bonchev–Trinajstić information content (AvgIpc) is 3.09. The predicted octanol–water partition coefficient (Wildman–Crippen LogP) is 1.72. The van der Waals surface area contributed by atoms with Crippen molar-refractivity contribution in [3.8, 4) is 0 Å². The number of hydrogen-bond donors (Lipinski definition) is 1. The summed E-state index contributed by atoms with van der Waals surface area (Å²) in [5, 5.41) is 9.11. The Kier molecular flexibility index (Phi) is 3.92. The van der Waals surface area contributed by atoms with Crippen LogP contribution in [0.3, 0.4) is 0 Å². The molecular formula is C16H20N2O3. The first kappa shape index (κ1) is 14.1. The van der Waals surface area contributed by atoms with Crippen molar-refractivity contribution < 1.29 is 14.7 Å². The van der Waals surface area contributed by atoms with E-state index in [2.05, 4.69) is 4.90 Å². The Labute approximate surface area is 124 Å². The molecule has 0 aromatic heterocycles. The maximum Gasteiger partial charge on any atom is 0.308 e. The lowest BCUT2D eigenvalue weighted by molar-refractivity contribution is -0.141. The van der Waals surface area contributed by atoms with Gasteiger partial charge in [-0.25, -0.2) is 0 Å². The molecule has 5 nitrogen and oxygen atoms in total. The molecule has 0 saturated carbocycles. The molecule has 21 heavy (non-hydrogen) atoms. The number of carbonyl (C=O) groups is 2. The normalized spacial score (nSPS) is 23.0. The van der Waals surface area contributed by atoms with E-state index in [1.165, 1.54) is 12.8 Å². The minimum absolute atomic E-state index is 0.0868. The van der Waals surface area contributed by atoms with Crippen molar-refractivity contribution in [3.05, 3.63) is 29.8 Å². The van der Waals surface area contributed by atoms with E-state index in [9.17, 15) is 9.59 Å². The maximum atomic E-state index is 12.1. The van der Waals surface area contributed by atoms with Crippen molar-refractivity contribution in [3.63, 3.8) is 0 Å². The van der Waals surface area contributed by atoms with Gasteiger partial charge in [-0.2, -0.15) is 0 Å². The number of benzene rings is 1. The second-order valence-electron chi connectivity index (χ2n) is 5.86. The molecule has 1 aromatic carbocycles. The summed E-state index contributed by atoms with van der Waals surface area (Å²) in [7, 11) is 0. The van der Waals surface area contributed by atoms with Crippen molar-refractivity contribution in [2.24, 2.45) is 5.92 Å². The SMILES string of the molecule is O=C(O)C1CC(=O)N(c2ccccc2CN2CCCC2)C1. The lowest BCUT2D eigenvalue weighted by Gasteiger charge is -2.23. The molecule has 0 spiro atoms. The zero-order valence-corrected chi connectivity index (χ0v) is 12.0. The lowest BCUT2D eigenvalue weighted by Crippen LogP contribution is -2.28. The molecule has 3 rings (SSSR count). The molecule has 1 N–H and O–H groups in total. The topological polar surface area (TPSA) is 60.9 Å². The van der Waals surface area contributed by atoms with Gasteiger partial charge >= 0.3 is 5.97 Å². The molecule has 0 aliphatic carbocycles. The molecule has 2 saturated heterocycles. The molecule has 2 heterocycles. The summed E-state index contributed by atoms with van der Waals surface area (Å²) in [6, 6.07) is 7.84. The monoisotopic (exact) mass is 288 g/mol. The third-order valence-electron chi connectivity index (χ3n) is 4.35. The van der Waals surface area contributed by atoms with E-state index in [0.29, 0.717) is 0 Å². The van der Waals surface area contributed by atoms with Crippen LogP contribution < -0.4 is 4.90 Å². The van der Waals surface area contributed by atoms with Crippen LogP contribution in [0.25, 0.3) is 0 Å². The Morgan fingerprint density at radius 1 is 1.24 bits per heavy atom. The molecule has 1 unspecified atom stereocenters. The van der Waals surface area contributed by atoms with Crippen LogP contribution in [0.4, 0.5) is 5.69 Å². The second-order valence-corrected chi connectivity index (χ2v) is 5.86. The smallest absolute Gasteiger partial charge is 0.308 e. The quantitative estimate of drug-likeness (QED) is 0.916. The number of amides is 1. The van der Waals surface area contributed by atoms with Crippen LogP contribution in [0.15, 0.2) is 24.3 Å². The number of nitrogens with zero attached hydrogens (tertiary/aromatic N) is 2. The zero-order valence-electron chi connectivity index (χ0n) is 12.0. The maximum absolute atomic E-state index is 12.1. The van der Waals surface area contributed by atoms with Crippen molar-refractivity contribution in [2.75, 3.05) is 24.5 Å². The first-order valence-electron chi connectivity index (χ1n) is 7.48. The van der Waals surface area contributed by atoms with Crippen LogP contribution in [-0.2, 0) is 16.1 Å². The number of carboxylic acids is 1. The lowest BCUT2D eigenvalue weighted by atomic mass is 10.1. The number of carbonyl (C=O) groups excluding carboxylic acids is 1. The van der Waals surface area contributed by atoms with Gasteiger partial charge in [0.15, 0.2) is 0 Å². The van der Waals surface area contributed by atoms with Gasteiger partial charge in [-0.15, -0.1) is 0 Å². The van der Waals surface area contributed by atoms with Crippen LogP contribution >= 0.6 is 0 Å². The molecule has 1 aromatic rings. The fraction of sp³-hybridized carbons (Fsp3) is 0.500. The van der Waals surface area contributed by atoms with Crippen LogP contribution in [0.5, 0.6) is 0 Å². The highest BCUT2D eigenvalue weighted by atomic mass is 16.4. The number of hydrogen-bond acceptors (Lipinski definition) is 3. The summed E-state index contributed by atoms with van der Waals surface area (Å²) in [6.45, 7) is 3.31. The molecule has 0 bridgehead atoms. The zero-order chi connectivity index (χ0) is 14.8. The van der Waals surface area contributed by atoms with Gasteiger partial charge in [-0.05, 0) is 37.6 Å². The van der Waals surface area contributed by atoms with E-state index >= 15 is 0 Å². The van der Waals surface area contributed by atoms with E-state index in [-0.39, 0.29) is 18.9 Å². The Hall–Kier alpha value is -1.88. The first-order valence-corrected chi connectivity index (χ1v) is 7.48. The summed E-state index contributed by atoms with van der Waals surface area (Å²) in [6.07, 6.45) is 2.56. The van der Waals surface area contributed by atoms with Gasteiger partial charge in [0.1, 0.15) is 0 Å². The average molecular weight is 288 g/mol. The molecule has 1 atom stereocenters. The number of rotatable bonds is 4. The van der Waals surface area contributed by atoms with Gasteiger partial charge in [0.2, 0.25) is 5.91 Å². The molecule has 112 valence electrons. The summed E-state index contributed by atoms with van der Waals surface area (Å²) in [5.41, 5.74) is 1.98. The summed E-state index contributed by atoms with van der Waals surface area (Å²) in [5.74, 6) is -1.56. The van der Waals surface area contributed by atoms with Crippen molar-refractivity contribution in [1.82, 2.24) is 4.90 Å². The standard InChI is InChI=1S/C16H20N2O3/c19-15-9-13(16(20)21)11-18(15)14-6-2-1-5-12(14)10-17-7-3-4-8-17/h1-2,5-6,13H,3-4,7-11H2,(H,20,21). The fourth-order valence-corrected chi connectivity index (χ4v) is 3.20. The van der Waals surface area contributed by atoms with Crippen LogP contribution in [-0.4, -0.2) is 41.5 Å². The van der Waals surface area contributed by atoms with E-state index < -0.39 is 11.9 Å². The molecule has 5 heteroatoms. The van der Waals surface area contributed by atoms with Crippen molar-refractivity contribution >= 4 is 17.6 Å². The van der Waals surface area contributed by atoms with Gasteiger partial charge in [-0.1, -0.05) is 18.2 Å². The number of aliphatic carboxylic acids is 1. The highest BCUT2D eigenvalue weighted by Crippen LogP contribution is 2.29. The Morgan fingerprint density at radius 3 is 2.62 bits per heavy atom. The first-order chi connectivity index (χ1) is 10.1. The minimum atomic E-state index is -0.886. The Balaban J connectivity index is 1.81. The molecule has 2 fully saturated rings. The van der Waals surface area contributed by atoms with Gasteiger partial charge < -0.3 is 10.0 Å². The number of para-hydroxylation sites is 1. The predicted molar refractivity (Wildman–Crippen MR) is 79.0 cm³/mol. The molecule has 2 aliphatic rings. The van der Waals surface area contributed by atoms with Crippen molar-refractivity contribution in [2.45, 2.75) is 25.8 Å². The van der Waals surface area contributed by atoms with E-state index in [1.54, 1.807) is 4.90 Å². The van der Waals surface area contributed by atoms with E-state index in [0.717, 1.165) is 30.9 Å². The third kappa shape index (κ3) is 2.93. The van der Waals surface area contributed by atoms with Crippen LogP contribution in [0.1, 0.15) is 24.8 Å². The van der Waals surface area contributed by atoms with Gasteiger partial charge in [0.25, 0.3) is 0 Å². The summed E-state index contributed by atoms with van der Waals surface area (Å²) >= 11 is 0. The molecular weight excluding hydrogens is 268 g/mol. The van der Waals surface area contributed by atoms with Gasteiger partial charge in [0, 0.05) is 25.2 Å². The van der Waals surface area contributed by atoms with Gasteiger partial charge in [-0.3, -0.25) is 14.5 Å².